The zero-order valence-electron chi connectivity index (χ0n) is 18.4. The number of fused-ring (bicyclic) bond motifs is 1. The van der Waals surface area contributed by atoms with Crippen molar-refractivity contribution in [2.24, 2.45) is 5.73 Å². The minimum Gasteiger partial charge on any atom is -0.345 e. The van der Waals surface area contributed by atoms with Crippen LogP contribution in [0.25, 0.3) is 22.0 Å². The smallest absolute Gasteiger partial charge is 0.253 e. The summed E-state index contributed by atoms with van der Waals surface area (Å²) in [5, 5.41) is 0.747. The zero-order valence-corrected chi connectivity index (χ0v) is 20.1. The van der Waals surface area contributed by atoms with Crippen molar-refractivity contribution in [2.75, 3.05) is 26.9 Å². The second kappa shape index (κ2) is 9.85. The summed E-state index contributed by atoms with van der Waals surface area (Å²) in [6.07, 6.45) is 2.47. The molecule has 0 atom stereocenters. The first-order valence-corrected chi connectivity index (χ1v) is 11.6. The van der Waals surface area contributed by atoms with Crippen LogP contribution in [0.2, 0.25) is 0 Å². The monoisotopic (exact) mass is 479 g/mol. The molecule has 0 aliphatic carbocycles. The van der Waals surface area contributed by atoms with E-state index in [1.165, 1.54) is 17.0 Å². The molecule has 6 nitrogen and oxygen atoms in total. The lowest BCUT2D eigenvalue weighted by Gasteiger charge is -2.11. The summed E-state index contributed by atoms with van der Waals surface area (Å²) < 4.78 is 40.3. The summed E-state index contributed by atoms with van der Waals surface area (Å²) in [5.41, 5.74) is 8.88. The van der Waals surface area contributed by atoms with Crippen LogP contribution in [0.4, 0.5) is 4.39 Å². The van der Waals surface area contributed by atoms with E-state index in [9.17, 15) is 17.6 Å². The van der Waals surface area contributed by atoms with Crippen molar-refractivity contribution in [2.45, 2.75) is 18.4 Å². The van der Waals surface area contributed by atoms with Crippen molar-refractivity contribution in [1.29, 1.82) is 0 Å². The standard InChI is InChI=1S/C23H26FN3O3S.ClH/c1-15-22(16-6-5-7-19(12-16)31(4,29)30)20-13-17(23(28)26(2)3)8-9-21(20)27(15)14-18(24)10-11-25;/h5-10,12-13H,11,14,25H2,1-4H3;1H. The summed E-state index contributed by atoms with van der Waals surface area (Å²) in [5.74, 6) is -0.523. The van der Waals surface area contributed by atoms with Gasteiger partial charge in [0.25, 0.3) is 5.91 Å². The summed E-state index contributed by atoms with van der Waals surface area (Å²) in [4.78, 5) is 14.2. The zero-order chi connectivity index (χ0) is 22.9. The Morgan fingerprint density at radius 1 is 1.19 bits per heavy atom. The van der Waals surface area contributed by atoms with E-state index in [4.69, 9.17) is 5.73 Å². The second-order valence-electron chi connectivity index (χ2n) is 7.66. The maximum absolute atomic E-state index is 14.4. The van der Waals surface area contributed by atoms with E-state index in [-0.39, 0.29) is 42.1 Å². The number of benzene rings is 2. The number of hydrogen-bond donors (Lipinski definition) is 1. The lowest BCUT2D eigenvalue weighted by Crippen LogP contribution is -2.21. The lowest BCUT2D eigenvalue weighted by atomic mass is 10.0. The molecule has 1 heterocycles. The third-order valence-corrected chi connectivity index (χ3v) is 6.29. The predicted molar refractivity (Wildman–Crippen MR) is 129 cm³/mol. The van der Waals surface area contributed by atoms with Gasteiger partial charge in [0.1, 0.15) is 5.83 Å². The first kappa shape index (κ1) is 25.6. The molecule has 3 aromatic rings. The molecule has 2 N–H and O–H groups in total. The van der Waals surface area contributed by atoms with Crippen molar-refractivity contribution in [3.63, 3.8) is 0 Å². The first-order valence-electron chi connectivity index (χ1n) is 9.74. The fourth-order valence-electron chi connectivity index (χ4n) is 3.67. The van der Waals surface area contributed by atoms with Gasteiger partial charge in [-0.1, -0.05) is 12.1 Å². The molecule has 0 bridgehead atoms. The largest absolute Gasteiger partial charge is 0.345 e. The predicted octanol–water partition coefficient (Wildman–Crippen LogP) is 3.96. The Labute approximate surface area is 193 Å². The maximum Gasteiger partial charge on any atom is 0.253 e. The van der Waals surface area contributed by atoms with E-state index in [2.05, 4.69) is 0 Å². The summed E-state index contributed by atoms with van der Waals surface area (Å²) in [6.45, 7) is 1.94. The average molecular weight is 480 g/mol. The summed E-state index contributed by atoms with van der Waals surface area (Å²) >= 11 is 0. The van der Waals surface area contributed by atoms with Gasteiger partial charge in [0.15, 0.2) is 9.84 Å². The molecule has 1 aromatic heterocycles. The minimum atomic E-state index is -3.40. The number of hydrogen-bond acceptors (Lipinski definition) is 4. The van der Waals surface area contributed by atoms with E-state index in [0.717, 1.165) is 28.4 Å². The average Bonchev–Trinajstić information content (AvgIpc) is 2.97. The van der Waals surface area contributed by atoms with Crippen LogP contribution in [-0.2, 0) is 16.4 Å². The maximum atomic E-state index is 14.4. The molecule has 0 radical (unpaired) electrons. The van der Waals surface area contributed by atoms with Gasteiger partial charge in [-0.25, -0.2) is 12.8 Å². The summed E-state index contributed by atoms with van der Waals surface area (Å²) in [6, 6.07) is 11.9. The fraction of sp³-hybridized carbons (Fsp3) is 0.261. The Morgan fingerprint density at radius 2 is 1.88 bits per heavy atom. The van der Waals surface area contributed by atoms with Crippen LogP contribution in [-0.4, -0.2) is 50.7 Å². The molecule has 1 amide bonds. The molecular formula is C23H27ClFN3O3S. The molecule has 0 aliphatic rings. The van der Waals surface area contributed by atoms with E-state index < -0.39 is 9.84 Å². The Hall–Kier alpha value is -2.68. The quantitative estimate of drug-likeness (QED) is 0.580. The molecule has 0 saturated heterocycles. The Balaban J connectivity index is 0.00000363. The molecule has 9 heteroatoms. The Morgan fingerprint density at radius 3 is 2.47 bits per heavy atom. The highest BCUT2D eigenvalue weighted by atomic mass is 35.5. The highest BCUT2D eigenvalue weighted by Crippen LogP contribution is 2.36. The van der Waals surface area contributed by atoms with Gasteiger partial charge < -0.3 is 15.2 Å². The van der Waals surface area contributed by atoms with Crippen LogP contribution >= 0.6 is 12.4 Å². The molecular weight excluding hydrogens is 453 g/mol. The third kappa shape index (κ3) is 5.03. The molecule has 0 unspecified atom stereocenters. The van der Waals surface area contributed by atoms with E-state index in [0.29, 0.717) is 11.1 Å². The lowest BCUT2D eigenvalue weighted by molar-refractivity contribution is 0.0827. The van der Waals surface area contributed by atoms with Gasteiger partial charge in [0.05, 0.1) is 11.4 Å². The highest BCUT2D eigenvalue weighted by molar-refractivity contribution is 7.90. The normalized spacial score (nSPS) is 12.0. The number of nitrogens with two attached hydrogens (primary N) is 1. The number of nitrogens with zero attached hydrogens (tertiary/aromatic N) is 2. The van der Waals surface area contributed by atoms with Crippen LogP contribution in [0.3, 0.4) is 0 Å². The van der Waals surface area contributed by atoms with Crippen molar-refractivity contribution >= 4 is 39.1 Å². The van der Waals surface area contributed by atoms with Crippen molar-refractivity contribution in [3.8, 4) is 11.1 Å². The van der Waals surface area contributed by atoms with Crippen LogP contribution in [0.15, 0.2) is 59.3 Å². The van der Waals surface area contributed by atoms with Gasteiger partial charge >= 0.3 is 0 Å². The highest BCUT2D eigenvalue weighted by Gasteiger charge is 2.20. The summed E-state index contributed by atoms with van der Waals surface area (Å²) in [7, 11) is -0.0563. The first-order chi connectivity index (χ1) is 14.5. The number of aromatic nitrogens is 1. The third-order valence-electron chi connectivity index (χ3n) is 5.18. The Kier molecular flexibility index (Phi) is 7.88. The molecule has 3 rings (SSSR count). The second-order valence-corrected chi connectivity index (χ2v) is 9.68. The molecule has 0 spiro atoms. The number of sulfone groups is 1. The van der Waals surface area contributed by atoms with Crippen molar-refractivity contribution < 1.29 is 17.6 Å². The van der Waals surface area contributed by atoms with Crippen LogP contribution < -0.4 is 5.73 Å². The van der Waals surface area contributed by atoms with E-state index in [1.807, 2.05) is 17.6 Å². The van der Waals surface area contributed by atoms with E-state index in [1.54, 1.807) is 44.4 Å². The van der Waals surface area contributed by atoms with Gasteiger partial charge in [0.2, 0.25) is 0 Å². The van der Waals surface area contributed by atoms with E-state index >= 15 is 0 Å². The minimum absolute atomic E-state index is 0. The molecule has 2 aromatic carbocycles. The molecule has 0 aliphatic heterocycles. The Bertz CT molecular complexity index is 1300. The molecule has 0 saturated carbocycles. The fourth-order valence-corrected chi connectivity index (χ4v) is 4.33. The number of carbonyl (C=O) groups excluding carboxylic acids is 1. The number of amides is 1. The van der Waals surface area contributed by atoms with Crippen molar-refractivity contribution in [3.05, 3.63) is 65.6 Å². The topological polar surface area (TPSA) is 85.4 Å². The van der Waals surface area contributed by atoms with Crippen LogP contribution in [0.5, 0.6) is 0 Å². The molecule has 0 fully saturated rings. The van der Waals surface area contributed by atoms with Gasteiger partial charge in [-0.2, -0.15) is 0 Å². The van der Waals surface area contributed by atoms with Gasteiger partial charge in [0, 0.05) is 54.6 Å². The number of allylic oxidation sites excluding steroid dienone is 1. The number of carbonyl (C=O) groups is 1. The van der Waals surface area contributed by atoms with Crippen LogP contribution in [0, 0.1) is 6.92 Å². The van der Waals surface area contributed by atoms with Crippen LogP contribution in [0.1, 0.15) is 16.1 Å². The van der Waals surface area contributed by atoms with Gasteiger partial charge in [-0.05, 0) is 48.9 Å². The number of rotatable bonds is 6. The van der Waals surface area contributed by atoms with Crippen molar-refractivity contribution in [1.82, 2.24) is 9.47 Å². The number of halogens is 2. The molecule has 32 heavy (non-hydrogen) atoms. The SMILES string of the molecule is Cc1c(-c2cccc(S(C)(=O)=O)c2)c2cc(C(=O)N(C)C)ccc2n1CC(F)=CCN.Cl. The van der Waals surface area contributed by atoms with Gasteiger partial charge in [-0.3, -0.25) is 4.79 Å². The van der Waals surface area contributed by atoms with Gasteiger partial charge in [-0.15, -0.1) is 12.4 Å². The molecule has 172 valence electrons.